The van der Waals surface area contributed by atoms with Gasteiger partial charge in [-0.15, -0.1) is 0 Å². The molecule has 1 aliphatic heterocycles. The lowest BCUT2D eigenvalue weighted by atomic mass is 10.0. The van der Waals surface area contributed by atoms with Crippen LogP contribution in [0.25, 0.3) is 0 Å². The number of nitrogens with one attached hydrogen (secondary N) is 1. The molecule has 0 spiro atoms. The molecule has 1 atom stereocenters. The topological polar surface area (TPSA) is 38.3 Å². The maximum absolute atomic E-state index is 10.9. The lowest BCUT2D eigenvalue weighted by Crippen LogP contribution is -2.41. The number of rotatable bonds is 1. The second-order valence-corrected chi connectivity index (χ2v) is 4.49. The molecular weight excluding hydrogens is 258 g/mol. The summed E-state index contributed by atoms with van der Waals surface area (Å²) in [6.07, 6.45) is 0.828. The minimum Gasteiger partial charge on any atom is -0.490 e. The average Bonchev–Trinajstić information content (AvgIpc) is 2.17. The zero-order valence-electron chi connectivity index (χ0n) is 8.42. The van der Waals surface area contributed by atoms with Crippen LogP contribution in [0.3, 0.4) is 0 Å². The Bertz CT molecular complexity index is 392. The van der Waals surface area contributed by atoms with Gasteiger partial charge < -0.3 is 10.1 Å². The third-order valence-corrected chi connectivity index (χ3v) is 2.98. The van der Waals surface area contributed by atoms with Crippen LogP contribution in [0.2, 0.25) is 0 Å². The first kappa shape index (κ1) is 10.5. The molecule has 0 saturated heterocycles. The Kier molecular flexibility index (Phi) is 2.95. The summed E-state index contributed by atoms with van der Waals surface area (Å²) >= 11 is 3.44. The number of ether oxygens (including phenoxy) is 1. The molecule has 0 radical (unpaired) electrons. The lowest BCUT2D eigenvalue weighted by molar-refractivity contribution is -0.119. The van der Waals surface area contributed by atoms with Gasteiger partial charge in [-0.05, 0) is 34.0 Å². The quantitative estimate of drug-likeness (QED) is 0.846. The lowest BCUT2D eigenvalue weighted by Gasteiger charge is -2.26. The summed E-state index contributed by atoms with van der Waals surface area (Å²) in [6, 6.07) is 6.04. The van der Waals surface area contributed by atoms with Crippen LogP contribution in [0.4, 0.5) is 0 Å². The van der Waals surface area contributed by atoms with Crippen LogP contribution in [0, 0.1) is 0 Å². The van der Waals surface area contributed by atoms with E-state index in [-0.39, 0.29) is 11.9 Å². The molecule has 0 saturated carbocycles. The van der Waals surface area contributed by atoms with E-state index in [1.54, 1.807) is 0 Å². The fourth-order valence-electron chi connectivity index (χ4n) is 1.76. The molecule has 80 valence electrons. The predicted octanol–water partition coefficient (Wildman–Crippen LogP) is 1.89. The van der Waals surface area contributed by atoms with E-state index in [0.717, 1.165) is 22.2 Å². The van der Waals surface area contributed by atoms with Gasteiger partial charge in [0.05, 0.1) is 10.5 Å². The Balaban J connectivity index is 2.17. The summed E-state index contributed by atoms with van der Waals surface area (Å²) in [7, 11) is 0. The van der Waals surface area contributed by atoms with Crippen LogP contribution in [-0.2, 0) is 11.2 Å². The van der Waals surface area contributed by atoms with Crippen molar-refractivity contribution in [2.75, 3.05) is 6.61 Å². The molecule has 1 aromatic rings. The number of halogens is 1. The van der Waals surface area contributed by atoms with Gasteiger partial charge in [0, 0.05) is 6.92 Å². The Morgan fingerprint density at radius 1 is 1.60 bits per heavy atom. The van der Waals surface area contributed by atoms with Crippen molar-refractivity contribution in [2.24, 2.45) is 0 Å². The van der Waals surface area contributed by atoms with Gasteiger partial charge in [-0.2, -0.15) is 0 Å². The molecule has 1 aliphatic rings. The van der Waals surface area contributed by atoms with Crippen LogP contribution in [0.5, 0.6) is 5.75 Å². The van der Waals surface area contributed by atoms with Crippen LogP contribution in [0.15, 0.2) is 22.7 Å². The molecule has 2 rings (SSSR count). The highest BCUT2D eigenvalue weighted by atomic mass is 79.9. The van der Waals surface area contributed by atoms with E-state index in [2.05, 4.69) is 21.2 Å². The SMILES string of the molecule is CC(=O)NC1COc2c(Br)cccc2C1. The van der Waals surface area contributed by atoms with E-state index in [9.17, 15) is 4.79 Å². The van der Waals surface area contributed by atoms with E-state index in [1.165, 1.54) is 6.92 Å². The van der Waals surface area contributed by atoms with E-state index in [1.807, 2.05) is 18.2 Å². The van der Waals surface area contributed by atoms with Gasteiger partial charge in [0.2, 0.25) is 5.91 Å². The van der Waals surface area contributed by atoms with Gasteiger partial charge >= 0.3 is 0 Å². The van der Waals surface area contributed by atoms with Crippen LogP contribution < -0.4 is 10.1 Å². The third kappa shape index (κ3) is 2.31. The first-order valence-electron chi connectivity index (χ1n) is 4.84. The highest BCUT2D eigenvalue weighted by Crippen LogP contribution is 2.32. The summed E-state index contributed by atoms with van der Waals surface area (Å²) in [4.78, 5) is 10.9. The number of para-hydroxylation sites is 1. The first-order chi connectivity index (χ1) is 7.16. The van der Waals surface area contributed by atoms with Gasteiger partial charge in [-0.1, -0.05) is 12.1 Å². The zero-order valence-corrected chi connectivity index (χ0v) is 10.0. The van der Waals surface area contributed by atoms with E-state index < -0.39 is 0 Å². The minimum atomic E-state index is -0.0120. The molecule has 4 heteroatoms. The molecule has 0 aliphatic carbocycles. The van der Waals surface area contributed by atoms with Gasteiger partial charge in [0.1, 0.15) is 12.4 Å². The largest absolute Gasteiger partial charge is 0.490 e. The Labute approximate surface area is 96.9 Å². The smallest absolute Gasteiger partial charge is 0.217 e. The van der Waals surface area contributed by atoms with Crippen LogP contribution >= 0.6 is 15.9 Å². The number of carbonyl (C=O) groups is 1. The standard InChI is InChI=1S/C11H12BrNO2/c1-7(14)13-9-5-8-3-2-4-10(12)11(8)15-6-9/h2-4,9H,5-6H2,1H3,(H,13,14). The van der Waals surface area contributed by atoms with Crippen molar-refractivity contribution in [3.05, 3.63) is 28.2 Å². The number of amides is 1. The molecule has 15 heavy (non-hydrogen) atoms. The van der Waals surface area contributed by atoms with E-state index in [4.69, 9.17) is 4.74 Å². The fourth-order valence-corrected chi connectivity index (χ4v) is 2.29. The zero-order chi connectivity index (χ0) is 10.8. The molecule has 1 aromatic carbocycles. The fraction of sp³-hybridized carbons (Fsp3) is 0.364. The normalized spacial score (nSPS) is 18.9. The molecule has 1 unspecified atom stereocenters. The van der Waals surface area contributed by atoms with Gasteiger partial charge in [0.25, 0.3) is 0 Å². The highest BCUT2D eigenvalue weighted by Gasteiger charge is 2.21. The van der Waals surface area contributed by atoms with Crippen molar-refractivity contribution in [3.63, 3.8) is 0 Å². The maximum atomic E-state index is 10.9. The summed E-state index contributed by atoms with van der Waals surface area (Å²) in [5, 5.41) is 2.86. The number of benzene rings is 1. The molecule has 1 heterocycles. The van der Waals surface area contributed by atoms with Crippen molar-refractivity contribution in [1.29, 1.82) is 0 Å². The first-order valence-corrected chi connectivity index (χ1v) is 5.63. The number of hydrogen-bond acceptors (Lipinski definition) is 2. The van der Waals surface area contributed by atoms with E-state index in [0.29, 0.717) is 6.61 Å². The molecular formula is C11H12BrNO2. The Morgan fingerprint density at radius 3 is 3.13 bits per heavy atom. The molecule has 0 aromatic heterocycles. The van der Waals surface area contributed by atoms with Gasteiger partial charge in [0.15, 0.2) is 0 Å². The maximum Gasteiger partial charge on any atom is 0.217 e. The summed E-state index contributed by atoms with van der Waals surface area (Å²) in [6.45, 7) is 2.06. The second-order valence-electron chi connectivity index (χ2n) is 3.64. The predicted molar refractivity (Wildman–Crippen MR) is 60.9 cm³/mol. The van der Waals surface area contributed by atoms with Crippen molar-refractivity contribution >= 4 is 21.8 Å². The number of fused-ring (bicyclic) bond motifs is 1. The molecule has 0 bridgehead atoms. The average molecular weight is 270 g/mol. The molecule has 1 N–H and O–H groups in total. The molecule has 1 amide bonds. The van der Waals surface area contributed by atoms with Crippen LogP contribution in [-0.4, -0.2) is 18.6 Å². The minimum absolute atomic E-state index is 0.0120. The van der Waals surface area contributed by atoms with Gasteiger partial charge in [-0.3, -0.25) is 4.79 Å². The summed E-state index contributed by atoms with van der Waals surface area (Å²) in [5.41, 5.74) is 1.13. The highest BCUT2D eigenvalue weighted by molar-refractivity contribution is 9.10. The van der Waals surface area contributed by atoms with Gasteiger partial charge in [-0.25, -0.2) is 0 Å². The molecule has 3 nitrogen and oxygen atoms in total. The summed E-state index contributed by atoms with van der Waals surface area (Å²) < 4.78 is 6.58. The monoisotopic (exact) mass is 269 g/mol. The van der Waals surface area contributed by atoms with E-state index >= 15 is 0 Å². The second kappa shape index (κ2) is 4.23. The van der Waals surface area contributed by atoms with Crippen molar-refractivity contribution in [2.45, 2.75) is 19.4 Å². The number of hydrogen-bond donors (Lipinski definition) is 1. The van der Waals surface area contributed by atoms with Crippen molar-refractivity contribution in [3.8, 4) is 5.75 Å². The van der Waals surface area contributed by atoms with Crippen molar-refractivity contribution < 1.29 is 9.53 Å². The Hall–Kier alpha value is -1.03. The molecule has 0 fully saturated rings. The van der Waals surface area contributed by atoms with Crippen LogP contribution in [0.1, 0.15) is 12.5 Å². The third-order valence-electron chi connectivity index (χ3n) is 2.35. The Morgan fingerprint density at radius 2 is 2.40 bits per heavy atom. The number of carbonyl (C=O) groups excluding carboxylic acids is 1. The summed E-state index contributed by atoms with van der Waals surface area (Å²) in [5.74, 6) is 0.890. The van der Waals surface area contributed by atoms with Crippen molar-refractivity contribution in [1.82, 2.24) is 5.32 Å².